The maximum Gasteiger partial charge on any atom is 0.138 e. The number of halogens is 2. The Labute approximate surface area is 182 Å². The van der Waals surface area contributed by atoms with Crippen LogP contribution in [0.25, 0.3) is 5.70 Å². The van der Waals surface area contributed by atoms with E-state index >= 15 is 0 Å². The minimum absolute atomic E-state index is 0.625. The highest BCUT2D eigenvalue weighted by atomic mass is 35.5. The third kappa shape index (κ3) is 5.69. The number of aromatic nitrogens is 1. The number of benzene rings is 2. The van der Waals surface area contributed by atoms with E-state index in [0.717, 1.165) is 40.9 Å². The van der Waals surface area contributed by atoms with Crippen molar-refractivity contribution in [1.82, 2.24) is 4.98 Å². The average Bonchev–Trinajstić information content (AvgIpc) is 2.74. The van der Waals surface area contributed by atoms with E-state index < -0.39 is 0 Å². The van der Waals surface area contributed by atoms with Crippen molar-refractivity contribution in [1.29, 1.82) is 0 Å². The van der Waals surface area contributed by atoms with E-state index in [9.17, 15) is 0 Å². The molecule has 5 heteroatoms. The molecule has 1 heterocycles. The number of amidine groups is 1. The van der Waals surface area contributed by atoms with Gasteiger partial charge in [0.05, 0.1) is 16.4 Å². The number of unbranched alkanes of at least 4 members (excludes halogenated alkanes) is 1. The Kier molecular flexibility index (Phi) is 7.45. The highest BCUT2D eigenvalue weighted by Crippen LogP contribution is 2.25. The maximum absolute atomic E-state index is 6.40. The first-order chi connectivity index (χ1) is 14.1. The molecule has 0 atom stereocenters. The van der Waals surface area contributed by atoms with E-state index in [1.165, 1.54) is 0 Å². The molecule has 0 aliphatic heterocycles. The molecule has 0 aliphatic carbocycles. The van der Waals surface area contributed by atoms with Crippen molar-refractivity contribution >= 4 is 40.4 Å². The van der Waals surface area contributed by atoms with E-state index in [0.29, 0.717) is 15.9 Å². The molecule has 0 saturated heterocycles. The number of pyridine rings is 1. The van der Waals surface area contributed by atoms with Gasteiger partial charge in [0.1, 0.15) is 5.84 Å². The zero-order chi connectivity index (χ0) is 20.6. The quantitative estimate of drug-likeness (QED) is 0.331. The Balaban J connectivity index is 2.14. The molecule has 3 rings (SSSR count). The third-order valence-electron chi connectivity index (χ3n) is 4.40. The predicted octanol–water partition coefficient (Wildman–Crippen LogP) is 7.40. The number of hydrogen-bond donors (Lipinski definition) is 1. The molecular formula is C24H23Cl2N3. The number of aryl methyl sites for hydroxylation is 1. The highest BCUT2D eigenvalue weighted by Gasteiger charge is 2.12. The number of rotatable bonds is 6. The topological polar surface area (TPSA) is 37.3 Å². The first-order valence-corrected chi connectivity index (χ1v) is 10.3. The lowest BCUT2D eigenvalue weighted by molar-refractivity contribution is 0.958. The van der Waals surface area contributed by atoms with Crippen LogP contribution in [0.1, 0.15) is 36.5 Å². The second-order valence-electron chi connectivity index (χ2n) is 6.64. The van der Waals surface area contributed by atoms with Gasteiger partial charge in [-0.05, 0) is 55.3 Å². The number of nitrogens with zero attached hydrogens (tertiary/aromatic N) is 2. The standard InChI is InChI=1S/C24H23Cl2N3/c1-3-4-10-22(18-8-7-14-27-16-18)28-24(20-15-19(25)13-12-17(20)2)29-23-11-6-5-9-21(23)26/h5-16H,3-4H2,1-2H3,(H,28,29)/b22-10+. The highest BCUT2D eigenvalue weighted by molar-refractivity contribution is 6.34. The van der Waals surface area contributed by atoms with Gasteiger partial charge in [-0.2, -0.15) is 0 Å². The summed E-state index contributed by atoms with van der Waals surface area (Å²) in [5.74, 6) is 0.685. The van der Waals surface area contributed by atoms with Crippen molar-refractivity contribution in [3.8, 4) is 0 Å². The molecule has 1 N–H and O–H groups in total. The summed E-state index contributed by atoms with van der Waals surface area (Å²) in [7, 11) is 0. The van der Waals surface area contributed by atoms with Crippen molar-refractivity contribution in [3.63, 3.8) is 0 Å². The van der Waals surface area contributed by atoms with Crippen LogP contribution in [0.4, 0.5) is 5.69 Å². The molecule has 0 saturated carbocycles. The molecule has 0 aliphatic rings. The van der Waals surface area contributed by atoms with Gasteiger partial charge in [0.15, 0.2) is 0 Å². The third-order valence-corrected chi connectivity index (χ3v) is 4.96. The first kappa shape index (κ1) is 21.1. The maximum atomic E-state index is 6.40. The molecule has 0 radical (unpaired) electrons. The van der Waals surface area contributed by atoms with Gasteiger partial charge in [-0.1, -0.05) is 60.8 Å². The lowest BCUT2D eigenvalue weighted by Crippen LogP contribution is -2.16. The number of anilines is 1. The molecule has 148 valence electrons. The van der Waals surface area contributed by atoms with Crippen LogP contribution in [-0.4, -0.2) is 10.8 Å². The molecule has 1 aromatic heterocycles. The van der Waals surface area contributed by atoms with Crippen molar-refractivity contribution in [2.24, 2.45) is 4.99 Å². The van der Waals surface area contributed by atoms with Crippen molar-refractivity contribution in [2.45, 2.75) is 26.7 Å². The molecule has 3 aromatic rings. The number of para-hydroxylation sites is 1. The Bertz CT molecular complexity index is 1030. The largest absolute Gasteiger partial charge is 0.338 e. The van der Waals surface area contributed by atoms with Gasteiger partial charge in [0.2, 0.25) is 0 Å². The summed E-state index contributed by atoms with van der Waals surface area (Å²) in [6.07, 6.45) is 7.66. The van der Waals surface area contributed by atoms with Crippen LogP contribution in [0.3, 0.4) is 0 Å². The second-order valence-corrected chi connectivity index (χ2v) is 7.49. The predicted molar refractivity (Wildman–Crippen MR) is 125 cm³/mol. The van der Waals surface area contributed by atoms with E-state index in [-0.39, 0.29) is 0 Å². The molecule has 2 aromatic carbocycles. The van der Waals surface area contributed by atoms with Gasteiger partial charge in [-0.3, -0.25) is 4.98 Å². The van der Waals surface area contributed by atoms with Crippen LogP contribution in [0.2, 0.25) is 10.0 Å². The molecule has 0 amide bonds. The summed E-state index contributed by atoms with van der Waals surface area (Å²) in [4.78, 5) is 9.25. The van der Waals surface area contributed by atoms with Gasteiger partial charge in [-0.15, -0.1) is 0 Å². The minimum Gasteiger partial charge on any atom is -0.338 e. The molecule has 3 nitrogen and oxygen atoms in total. The fourth-order valence-electron chi connectivity index (χ4n) is 2.84. The average molecular weight is 424 g/mol. The second kappa shape index (κ2) is 10.2. The zero-order valence-electron chi connectivity index (χ0n) is 16.5. The van der Waals surface area contributed by atoms with Crippen LogP contribution in [-0.2, 0) is 0 Å². The minimum atomic E-state index is 0.625. The molecule has 0 fully saturated rings. The summed E-state index contributed by atoms with van der Waals surface area (Å²) in [6.45, 7) is 4.18. The van der Waals surface area contributed by atoms with Gasteiger partial charge >= 0.3 is 0 Å². The molecule has 0 bridgehead atoms. The molecular weight excluding hydrogens is 401 g/mol. The fourth-order valence-corrected chi connectivity index (χ4v) is 3.19. The van der Waals surface area contributed by atoms with Crippen LogP contribution in [0.15, 0.2) is 78.1 Å². The van der Waals surface area contributed by atoms with E-state index in [1.54, 1.807) is 6.20 Å². The summed E-state index contributed by atoms with van der Waals surface area (Å²) < 4.78 is 0. The van der Waals surface area contributed by atoms with Crippen LogP contribution in [0.5, 0.6) is 0 Å². The number of aliphatic imine (C=N–C) groups is 1. The van der Waals surface area contributed by atoms with E-state index in [4.69, 9.17) is 28.2 Å². The number of hydrogen-bond acceptors (Lipinski definition) is 2. The molecule has 0 spiro atoms. The van der Waals surface area contributed by atoms with E-state index in [1.807, 2.05) is 67.7 Å². The first-order valence-electron chi connectivity index (χ1n) is 9.56. The van der Waals surface area contributed by atoms with Crippen molar-refractivity contribution < 1.29 is 0 Å². The Morgan fingerprint density at radius 2 is 1.93 bits per heavy atom. The van der Waals surface area contributed by atoms with Crippen LogP contribution >= 0.6 is 23.2 Å². The molecule has 0 unspecified atom stereocenters. The van der Waals surface area contributed by atoms with Crippen LogP contribution in [0, 0.1) is 6.92 Å². The van der Waals surface area contributed by atoms with Gasteiger partial charge in [0, 0.05) is 28.5 Å². The van der Waals surface area contributed by atoms with E-state index in [2.05, 4.69) is 23.3 Å². The lowest BCUT2D eigenvalue weighted by atomic mass is 10.1. The molecule has 29 heavy (non-hydrogen) atoms. The SMILES string of the molecule is CCC/C=C(/N=C(Nc1ccccc1Cl)c1cc(Cl)ccc1C)c1cccnc1. The summed E-state index contributed by atoms with van der Waals surface area (Å²) in [6, 6.07) is 17.3. The number of nitrogens with one attached hydrogen (secondary N) is 1. The van der Waals surface area contributed by atoms with Crippen LogP contribution < -0.4 is 5.32 Å². The summed E-state index contributed by atoms with van der Waals surface area (Å²) in [5.41, 5.74) is 4.58. The van der Waals surface area contributed by atoms with Gasteiger partial charge in [-0.25, -0.2) is 4.99 Å². The zero-order valence-corrected chi connectivity index (χ0v) is 18.0. The fraction of sp³-hybridized carbons (Fsp3) is 0.167. The van der Waals surface area contributed by atoms with Gasteiger partial charge < -0.3 is 5.32 Å². The monoisotopic (exact) mass is 423 g/mol. The number of allylic oxidation sites excluding steroid dienone is 1. The Hall–Kier alpha value is -2.62. The Morgan fingerprint density at radius 1 is 1.10 bits per heavy atom. The smallest absolute Gasteiger partial charge is 0.138 e. The van der Waals surface area contributed by atoms with Crippen molar-refractivity contribution in [2.75, 3.05) is 5.32 Å². The Morgan fingerprint density at radius 3 is 2.66 bits per heavy atom. The van der Waals surface area contributed by atoms with Gasteiger partial charge in [0.25, 0.3) is 0 Å². The normalized spacial score (nSPS) is 12.1. The lowest BCUT2D eigenvalue weighted by Gasteiger charge is -2.15. The summed E-state index contributed by atoms with van der Waals surface area (Å²) >= 11 is 12.7. The van der Waals surface area contributed by atoms with Crippen molar-refractivity contribution in [3.05, 3.63) is 99.8 Å². The summed E-state index contributed by atoms with van der Waals surface area (Å²) in [5, 5.41) is 4.68.